The highest BCUT2D eigenvalue weighted by Crippen LogP contribution is 2.36. The van der Waals surface area contributed by atoms with E-state index in [-0.39, 0.29) is 23.3 Å². The Morgan fingerprint density at radius 1 is 1.33 bits per heavy atom. The van der Waals surface area contributed by atoms with Gasteiger partial charge in [0, 0.05) is 43.7 Å². The largest absolute Gasteiger partial charge is 0.351 e. The van der Waals surface area contributed by atoms with Gasteiger partial charge in [-0.15, -0.1) is 0 Å². The highest BCUT2D eigenvalue weighted by molar-refractivity contribution is 5.79. The Labute approximate surface area is 141 Å². The van der Waals surface area contributed by atoms with Gasteiger partial charge in [-0.2, -0.15) is 4.98 Å². The molecule has 0 bridgehead atoms. The molecule has 7 nitrogen and oxygen atoms in total. The molecule has 0 unspecified atom stereocenters. The first kappa shape index (κ1) is 16.4. The Bertz CT molecular complexity index is 707. The van der Waals surface area contributed by atoms with Gasteiger partial charge < -0.3 is 14.7 Å². The van der Waals surface area contributed by atoms with Crippen LogP contribution in [0.1, 0.15) is 44.7 Å². The van der Waals surface area contributed by atoms with E-state index >= 15 is 0 Å². The normalized spacial score (nSPS) is 21.3. The van der Waals surface area contributed by atoms with Crippen LogP contribution < -0.4 is 5.32 Å². The number of pyridine rings is 1. The molecule has 1 aliphatic rings. The fraction of sp³-hybridized carbons (Fsp3) is 0.529. The second kappa shape index (κ2) is 6.22. The van der Waals surface area contributed by atoms with Gasteiger partial charge in [-0.05, 0) is 22.9 Å². The predicted molar refractivity (Wildman–Crippen MR) is 89.3 cm³/mol. The van der Waals surface area contributed by atoms with E-state index in [1.807, 2.05) is 40.0 Å². The van der Waals surface area contributed by atoms with E-state index in [4.69, 9.17) is 4.52 Å². The van der Waals surface area contributed by atoms with Crippen LogP contribution in [-0.2, 0) is 10.2 Å². The van der Waals surface area contributed by atoms with Crippen molar-refractivity contribution in [2.75, 3.05) is 18.9 Å². The maximum absolute atomic E-state index is 12.1. The van der Waals surface area contributed by atoms with E-state index in [1.54, 1.807) is 17.3 Å². The zero-order chi connectivity index (χ0) is 17.3. The Morgan fingerprint density at radius 3 is 2.67 bits per heavy atom. The summed E-state index contributed by atoms with van der Waals surface area (Å²) in [7, 11) is 1.85. The Kier molecular flexibility index (Phi) is 4.26. The van der Waals surface area contributed by atoms with Crippen LogP contribution in [-0.4, -0.2) is 39.5 Å². The molecule has 3 heterocycles. The lowest BCUT2D eigenvalue weighted by Gasteiger charge is -2.25. The number of carbonyl (C=O) groups is 1. The zero-order valence-corrected chi connectivity index (χ0v) is 14.5. The molecule has 7 heteroatoms. The molecule has 1 aliphatic heterocycles. The monoisotopic (exact) mass is 329 g/mol. The molecule has 2 aromatic heterocycles. The molecule has 3 rings (SSSR count). The summed E-state index contributed by atoms with van der Waals surface area (Å²) >= 11 is 0. The van der Waals surface area contributed by atoms with E-state index in [9.17, 15) is 4.79 Å². The van der Waals surface area contributed by atoms with Gasteiger partial charge in [0.2, 0.25) is 11.8 Å². The van der Waals surface area contributed by atoms with Crippen LogP contribution in [0.4, 0.5) is 5.95 Å². The third-order valence-corrected chi connectivity index (χ3v) is 4.33. The molecule has 1 N–H and O–H groups in total. The van der Waals surface area contributed by atoms with E-state index in [0.29, 0.717) is 24.8 Å². The number of anilines is 1. The molecule has 128 valence electrons. The summed E-state index contributed by atoms with van der Waals surface area (Å²) in [5, 5.41) is 7.18. The standard InChI is InChI=1S/C17H23N5O2/c1-17(2,3)15-20-16(21-24-15)19-10-12-9-13(23)22(4)14(12)11-5-7-18-8-6-11/h5-8,12,14H,9-10H2,1-4H3,(H,19,21)/t12-,14-/m0/s1. The second-order valence-corrected chi connectivity index (χ2v) is 7.25. The smallest absolute Gasteiger partial charge is 0.263 e. The zero-order valence-electron chi connectivity index (χ0n) is 14.5. The molecule has 0 aliphatic carbocycles. The third-order valence-electron chi connectivity index (χ3n) is 4.33. The number of rotatable bonds is 4. The SMILES string of the molecule is CN1C(=O)C[C@@H](CNc2noc(C(C)(C)C)n2)[C@@H]1c1ccncc1. The summed E-state index contributed by atoms with van der Waals surface area (Å²) in [6.07, 6.45) is 4.01. The fourth-order valence-electron chi connectivity index (χ4n) is 3.01. The van der Waals surface area contributed by atoms with Crippen LogP contribution in [0.2, 0.25) is 0 Å². The molecule has 2 atom stereocenters. The van der Waals surface area contributed by atoms with E-state index < -0.39 is 0 Å². The molecular formula is C17H23N5O2. The molecule has 1 saturated heterocycles. The number of aromatic nitrogens is 3. The maximum Gasteiger partial charge on any atom is 0.263 e. The van der Waals surface area contributed by atoms with Crippen molar-refractivity contribution in [2.24, 2.45) is 5.92 Å². The van der Waals surface area contributed by atoms with Gasteiger partial charge in [-0.1, -0.05) is 20.8 Å². The number of carbonyl (C=O) groups excluding carboxylic acids is 1. The Balaban J connectivity index is 1.71. The summed E-state index contributed by atoms with van der Waals surface area (Å²) < 4.78 is 5.29. The lowest BCUT2D eigenvalue weighted by molar-refractivity contribution is -0.127. The van der Waals surface area contributed by atoms with Crippen molar-refractivity contribution < 1.29 is 9.32 Å². The van der Waals surface area contributed by atoms with Gasteiger partial charge in [-0.25, -0.2) is 0 Å². The average molecular weight is 329 g/mol. The van der Waals surface area contributed by atoms with Crippen LogP contribution in [0.5, 0.6) is 0 Å². The van der Waals surface area contributed by atoms with Gasteiger partial charge >= 0.3 is 0 Å². The van der Waals surface area contributed by atoms with Crippen molar-refractivity contribution >= 4 is 11.9 Å². The van der Waals surface area contributed by atoms with Crippen LogP contribution in [0, 0.1) is 5.92 Å². The quantitative estimate of drug-likeness (QED) is 0.927. The van der Waals surface area contributed by atoms with Crippen LogP contribution in [0.3, 0.4) is 0 Å². The number of amides is 1. The summed E-state index contributed by atoms with van der Waals surface area (Å²) in [5.41, 5.74) is 0.907. The van der Waals surface area contributed by atoms with Gasteiger partial charge in [-0.3, -0.25) is 9.78 Å². The van der Waals surface area contributed by atoms with Gasteiger partial charge in [0.05, 0.1) is 6.04 Å². The van der Waals surface area contributed by atoms with Gasteiger partial charge in [0.25, 0.3) is 5.95 Å². The topological polar surface area (TPSA) is 84.2 Å². The van der Waals surface area contributed by atoms with Crippen LogP contribution in [0.25, 0.3) is 0 Å². The van der Waals surface area contributed by atoms with Crippen LogP contribution >= 0.6 is 0 Å². The number of hydrogen-bond acceptors (Lipinski definition) is 6. The minimum absolute atomic E-state index is 0.0296. The number of nitrogens with one attached hydrogen (secondary N) is 1. The predicted octanol–water partition coefficient (Wildman–Crippen LogP) is 2.39. The number of hydrogen-bond donors (Lipinski definition) is 1. The molecule has 0 spiro atoms. The summed E-state index contributed by atoms with van der Waals surface area (Å²) in [6.45, 7) is 6.67. The Morgan fingerprint density at radius 2 is 2.04 bits per heavy atom. The number of likely N-dealkylation sites (tertiary alicyclic amines) is 1. The van der Waals surface area contributed by atoms with Gasteiger partial charge in [0.1, 0.15) is 0 Å². The lowest BCUT2D eigenvalue weighted by atomic mass is 9.94. The average Bonchev–Trinajstić information content (AvgIpc) is 3.12. The highest BCUT2D eigenvalue weighted by Gasteiger charge is 2.38. The van der Waals surface area contributed by atoms with E-state index in [2.05, 4.69) is 20.4 Å². The molecule has 1 amide bonds. The first-order valence-corrected chi connectivity index (χ1v) is 8.10. The minimum Gasteiger partial charge on any atom is -0.351 e. The maximum atomic E-state index is 12.1. The molecule has 0 radical (unpaired) electrons. The minimum atomic E-state index is -0.184. The Hall–Kier alpha value is -2.44. The first-order chi connectivity index (χ1) is 11.4. The van der Waals surface area contributed by atoms with Crippen molar-refractivity contribution in [2.45, 2.75) is 38.6 Å². The third kappa shape index (κ3) is 3.25. The van der Waals surface area contributed by atoms with Crippen molar-refractivity contribution in [1.29, 1.82) is 0 Å². The van der Waals surface area contributed by atoms with Gasteiger partial charge in [0.15, 0.2) is 0 Å². The number of nitrogens with zero attached hydrogens (tertiary/aromatic N) is 4. The molecule has 2 aromatic rings. The lowest BCUT2D eigenvalue weighted by Crippen LogP contribution is -2.26. The van der Waals surface area contributed by atoms with E-state index in [1.165, 1.54) is 0 Å². The molecule has 0 aromatic carbocycles. The van der Waals surface area contributed by atoms with Crippen molar-refractivity contribution in [1.82, 2.24) is 20.0 Å². The molecule has 24 heavy (non-hydrogen) atoms. The van der Waals surface area contributed by atoms with Crippen molar-refractivity contribution in [3.05, 3.63) is 36.0 Å². The summed E-state index contributed by atoms with van der Waals surface area (Å²) in [6, 6.07) is 3.94. The first-order valence-electron chi connectivity index (χ1n) is 8.10. The highest BCUT2D eigenvalue weighted by atomic mass is 16.5. The second-order valence-electron chi connectivity index (χ2n) is 7.25. The van der Waals surface area contributed by atoms with Crippen LogP contribution in [0.15, 0.2) is 29.0 Å². The molecular weight excluding hydrogens is 306 g/mol. The molecule has 0 saturated carbocycles. The van der Waals surface area contributed by atoms with E-state index in [0.717, 1.165) is 5.56 Å². The van der Waals surface area contributed by atoms with Crippen molar-refractivity contribution in [3.63, 3.8) is 0 Å². The van der Waals surface area contributed by atoms with Crippen molar-refractivity contribution in [3.8, 4) is 0 Å². The summed E-state index contributed by atoms with van der Waals surface area (Å²) in [5.74, 6) is 1.35. The summed E-state index contributed by atoms with van der Waals surface area (Å²) in [4.78, 5) is 22.4. The molecule has 1 fully saturated rings. The fourth-order valence-corrected chi connectivity index (χ4v) is 3.01.